The Morgan fingerprint density at radius 2 is 1.74 bits per heavy atom. The van der Waals surface area contributed by atoms with Crippen molar-refractivity contribution in [3.8, 4) is 5.75 Å². The molecule has 35 heavy (non-hydrogen) atoms. The third-order valence-corrected chi connectivity index (χ3v) is 7.91. The van der Waals surface area contributed by atoms with Crippen LogP contribution < -0.4 is 14.4 Å². The van der Waals surface area contributed by atoms with Crippen LogP contribution in [0.4, 0.5) is 11.4 Å². The van der Waals surface area contributed by atoms with Gasteiger partial charge in [-0.15, -0.1) is 0 Å². The molecule has 192 valence electrons. The zero-order valence-corrected chi connectivity index (χ0v) is 21.4. The van der Waals surface area contributed by atoms with Gasteiger partial charge in [0.2, 0.25) is 26.0 Å². The second-order valence-corrected chi connectivity index (χ2v) is 11.7. The van der Waals surface area contributed by atoms with Crippen LogP contribution in [0, 0.1) is 10.1 Å². The Morgan fingerprint density at radius 3 is 2.26 bits per heavy atom. The first-order valence-electron chi connectivity index (χ1n) is 10.5. The van der Waals surface area contributed by atoms with Gasteiger partial charge < -0.3 is 10.1 Å². The molecular formula is C21H28N4O8S2. The smallest absolute Gasteiger partial charge is 0.271 e. The molecule has 2 aromatic rings. The van der Waals surface area contributed by atoms with E-state index in [1.54, 1.807) is 6.92 Å². The number of nitrogens with zero attached hydrogens (tertiary/aromatic N) is 3. The highest BCUT2D eigenvalue weighted by Gasteiger charge is 2.32. The van der Waals surface area contributed by atoms with Crippen LogP contribution in [-0.2, 0) is 24.8 Å². The highest BCUT2D eigenvalue weighted by molar-refractivity contribution is 7.92. The van der Waals surface area contributed by atoms with E-state index >= 15 is 0 Å². The second kappa shape index (κ2) is 11.5. The van der Waals surface area contributed by atoms with E-state index in [1.807, 2.05) is 0 Å². The van der Waals surface area contributed by atoms with Crippen LogP contribution in [0.25, 0.3) is 0 Å². The monoisotopic (exact) mass is 528 g/mol. The maximum absolute atomic E-state index is 12.8. The molecule has 0 fully saturated rings. The van der Waals surface area contributed by atoms with Crippen LogP contribution in [0.3, 0.4) is 0 Å². The Labute approximate surface area is 204 Å². The van der Waals surface area contributed by atoms with Crippen molar-refractivity contribution in [2.45, 2.75) is 24.3 Å². The van der Waals surface area contributed by atoms with Gasteiger partial charge in [0.15, 0.2) is 0 Å². The summed E-state index contributed by atoms with van der Waals surface area (Å²) in [6, 6.07) is 9.69. The summed E-state index contributed by atoms with van der Waals surface area (Å²) in [7, 11) is -4.66. The fraction of sp³-hybridized carbons (Fsp3) is 0.381. The highest BCUT2D eigenvalue weighted by Crippen LogP contribution is 2.26. The van der Waals surface area contributed by atoms with E-state index in [4.69, 9.17) is 4.74 Å². The molecule has 2 rings (SSSR count). The summed E-state index contributed by atoms with van der Waals surface area (Å²) in [5.41, 5.74) is -0.295. The minimum atomic E-state index is -3.95. The van der Waals surface area contributed by atoms with Crippen LogP contribution in [0.15, 0.2) is 53.4 Å². The van der Waals surface area contributed by atoms with E-state index in [9.17, 15) is 31.7 Å². The fourth-order valence-corrected chi connectivity index (χ4v) is 5.29. The Morgan fingerprint density at radius 1 is 1.11 bits per heavy atom. The maximum Gasteiger partial charge on any atom is 0.271 e. The van der Waals surface area contributed by atoms with Gasteiger partial charge in [-0.1, -0.05) is 13.0 Å². The molecule has 0 saturated carbocycles. The molecular weight excluding hydrogens is 500 g/mol. The van der Waals surface area contributed by atoms with Crippen LogP contribution in [0.2, 0.25) is 0 Å². The zero-order chi connectivity index (χ0) is 26.4. The van der Waals surface area contributed by atoms with Crippen LogP contribution >= 0.6 is 0 Å². The number of ether oxygens (including phenoxy) is 1. The van der Waals surface area contributed by atoms with Gasteiger partial charge in [0.25, 0.3) is 5.69 Å². The summed E-state index contributed by atoms with van der Waals surface area (Å²) in [6.07, 6.45) is 1.04. The number of carbonyl (C=O) groups excluding carboxylic acids is 1. The lowest BCUT2D eigenvalue weighted by Crippen LogP contribution is -2.50. The molecule has 0 aliphatic rings. The van der Waals surface area contributed by atoms with Crippen molar-refractivity contribution >= 4 is 37.3 Å². The van der Waals surface area contributed by atoms with Crippen molar-refractivity contribution in [2.75, 3.05) is 37.8 Å². The van der Waals surface area contributed by atoms with E-state index < -0.39 is 36.9 Å². The molecule has 12 nitrogen and oxygen atoms in total. The van der Waals surface area contributed by atoms with E-state index in [2.05, 4.69) is 5.32 Å². The summed E-state index contributed by atoms with van der Waals surface area (Å²) in [5.74, 6) is -0.209. The molecule has 2 aromatic carbocycles. The van der Waals surface area contributed by atoms with Gasteiger partial charge in [0, 0.05) is 26.2 Å². The summed E-state index contributed by atoms with van der Waals surface area (Å²) in [4.78, 5) is 23.4. The van der Waals surface area contributed by atoms with E-state index in [0.29, 0.717) is 5.75 Å². The summed E-state index contributed by atoms with van der Waals surface area (Å²) >= 11 is 0. The molecule has 1 amide bonds. The number of nitro benzene ring substituents is 1. The summed E-state index contributed by atoms with van der Waals surface area (Å²) in [6.45, 7) is 1.71. The normalized spacial score (nSPS) is 12.7. The number of benzene rings is 2. The van der Waals surface area contributed by atoms with Crippen molar-refractivity contribution in [3.63, 3.8) is 0 Å². The Bertz CT molecular complexity index is 1260. The first-order valence-corrected chi connectivity index (χ1v) is 13.7. The third-order valence-electron chi connectivity index (χ3n) is 4.90. The first kappa shape index (κ1) is 28.0. The lowest BCUT2D eigenvalue weighted by atomic mass is 10.2. The molecule has 0 aliphatic carbocycles. The Hall–Kier alpha value is -3.23. The topological polar surface area (TPSA) is 156 Å². The largest absolute Gasteiger partial charge is 0.492 e. The number of amides is 1. The van der Waals surface area contributed by atoms with Crippen molar-refractivity contribution in [1.29, 1.82) is 0 Å². The zero-order valence-electron chi connectivity index (χ0n) is 19.7. The molecule has 1 atom stereocenters. The van der Waals surface area contributed by atoms with Crippen molar-refractivity contribution in [1.82, 2.24) is 9.62 Å². The van der Waals surface area contributed by atoms with Crippen LogP contribution in [0.1, 0.15) is 13.3 Å². The lowest BCUT2D eigenvalue weighted by molar-refractivity contribution is -0.384. The maximum atomic E-state index is 12.8. The standard InChI is InChI=1S/C21H28N4O8S2/c1-5-20(24(34(4,29)30)16-7-6-8-17(15-16)25(27)28)21(26)22-13-14-33-18-9-11-19(12-10-18)35(31,32)23(2)3/h6-12,15,20H,5,13-14H2,1-4H3,(H,22,26)/t20-/m0/s1. The molecule has 0 radical (unpaired) electrons. The Kier molecular flexibility index (Phi) is 9.18. The molecule has 0 spiro atoms. The van der Waals surface area contributed by atoms with E-state index in [1.165, 1.54) is 56.6 Å². The fourth-order valence-electron chi connectivity index (χ4n) is 3.18. The second-order valence-electron chi connectivity index (χ2n) is 7.66. The SMILES string of the molecule is CC[C@@H](C(=O)NCCOc1ccc(S(=O)(=O)N(C)C)cc1)N(c1cccc([N+](=O)[O-])c1)S(C)(=O)=O. The molecule has 14 heteroatoms. The van der Waals surface area contributed by atoms with Gasteiger partial charge in [-0.2, -0.15) is 0 Å². The van der Waals surface area contributed by atoms with E-state index in [-0.39, 0.29) is 35.8 Å². The van der Waals surface area contributed by atoms with Crippen LogP contribution in [-0.4, -0.2) is 71.5 Å². The number of anilines is 1. The average molecular weight is 529 g/mol. The number of hydrogen-bond acceptors (Lipinski definition) is 8. The molecule has 0 aliphatic heterocycles. The number of carbonyl (C=O) groups is 1. The quantitative estimate of drug-likeness (QED) is 0.247. The first-order chi connectivity index (χ1) is 16.3. The van der Waals surface area contributed by atoms with Gasteiger partial charge in [-0.05, 0) is 36.8 Å². The van der Waals surface area contributed by atoms with Gasteiger partial charge >= 0.3 is 0 Å². The van der Waals surface area contributed by atoms with Crippen molar-refractivity contribution in [3.05, 3.63) is 58.6 Å². The van der Waals surface area contributed by atoms with Gasteiger partial charge in [0.05, 0.1) is 28.3 Å². The average Bonchev–Trinajstić information content (AvgIpc) is 2.79. The van der Waals surface area contributed by atoms with Gasteiger partial charge in [0.1, 0.15) is 18.4 Å². The molecule has 0 unspecified atom stereocenters. The third kappa shape index (κ3) is 7.13. The molecule has 0 bridgehead atoms. The summed E-state index contributed by atoms with van der Waals surface area (Å²) < 4.78 is 56.7. The predicted octanol–water partition coefficient (Wildman–Crippen LogP) is 1.58. The number of nitro groups is 1. The van der Waals surface area contributed by atoms with Crippen molar-refractivity contribution < 1.29 is 31.3 Å². The lowest BCUT2D eigenvalue weighted by Gasteiger charge is -2.30. The minimum absolute atomic E-state index is 0.00714. The van der Waals surface area contributed by atoms with Crippen LogP contribution in [0.5, 0.6) is 5.75 Å². The number of nitrogens with one attached hydrogen (secondary N) is 1. The van der Waals surface area contributed by atoms with Gasteiger partial charge in [-0.3, -0.25) is 19.2 Å². The number of rotatable bonds is 12. The molecule has 0 aromatic heterocycles. The number of hydrogen-bond donors (Lipinski definition) is 1. The van der Waals surface area contributed by atoms with Gasteiger partial charge in [-0.25, -0.2) is 21.1 Å². The minimum Gasteiger partial charge on any atom is -0.492 e. The number of sulfonamides is 2. The van der Waals surface area contributed by atoms with E-state index in [0.717, 1.165) is 20.9 Å². The van der Waals surface area contributed by atoms with Crippen molar-refractivity contribution in [2.24, 2.45) is 0 Å². The molecule has 1 N–H and O–H groups in total. The molecule has 0 saturated heterocycles. The Balaban J connectivity index is 2.06. The summed E-state index contributed by atoms with van der Waals surface area (Å²) in [5, 5.41) is 13.7. The predicted molar refractivity (Wildman–Crippen MR) is 130 cm³/mol. The number of non-ortho nitro benzene ring substituents is 1. The highest BCUT2D eigenvalue weighted by atomic mass is 32.2. The molecule has 0 heterocycles.